The van der Waals surface area contributed by atoms with Crippen molar-refractivity contribution in [1.29, 1.82) is 0 Å². The molecule has 1 unspecified atom stereocenters. The molecule has 0 amide bonds. The standard InChI is InChI=1S/C13H11F3N2/c1-17-13(8-2-4-18-5-3-8)12-10(15)6-9(14)7-11(12)16/h2-7,13,17H,1H3. The van der Waals surface area contributed by atoms with E-state index in [1.807, 2.05) is 0 Å². The van der Waals surface area contributed by atoms with Crippen molar-refractivity contribution in [3.63, 3.8) is 0 Å². The number of hydrogen-bond acceptors (Lipinski definition) is 2. The molecule has 0 saturated heterocycles. The molecule has 0 radical (unpaired) electrons. The van der Waals surface area contributed by atoms with E-state index in [1.54, 1.807) is 19.2 Å². The summed E-state index contributed by atoms with van der Waals surface area (Å²) in [6, 6.07) is 3.94. The van der Waals surface area contributed by atoms with Crippen LogP contribution in [0.25, 0.3) is 0 Å². The SMILES string of the molecule is CNC(c1ccncc1)c1c(F)cc(F)cc1F. The van der Waals surface area contributed by atoms with Crippen molar-refractivity contribution in [2.75, 3.05) is 7.05 Å². The van der Waals surface area contributed by atoms with E-state index in [4.69, 9.17) is 0 Å². The molecule has 2 rings (SSSR count). The van der Waals surface area contributed by atoms with Crippen molar-refractivity contribution in [1.82, 2.24) is 10.3 Å². The lowest BCUT2D eigenvalue weighted by Gasteiger charge is -2.18. The number of hydrogen-bond donors (Lipinski definition) is 1. The zero-order valence-corrected chi connectivity index (χ0v) is 9.62. The van der Waals surface area contributed by atoms with Gasteiger partial charge in [-0.3, -0.25) is 4.98 Å². The van der Waals surface area contributed by atoms with Gasteiger partial charge in [-0.15, -0.1) is 0 Å². The van der Waals surface area contributed by atoms with Crippen molar-refractivity contribution in [3.05, 3.63) is 65.2 Å². The molecule has 5 heteroatoms. The van der Waals surface area contributed by atoms with Gasteiger partial charge in [-0.2, -0.15) is 0 Å². The number of rotatable bonds is 3. The third kappa shape index (κ3) is 2.36. The third-order valence-electron chi connectivity index (χ3n) is 2.66. The minimum atomic E-state index is -0.932. The zero-order valence-electron chi connectivity index (χ0n) is 9.62. The zero-order chi connectivity index (χ0) is 13.1. The molecule has 0 bridgehead atoms. The Kier molecular flexibility index (Phi) is 3.62. The van der Waals surface area contributed by atoms with E-state index in [-0.39, 0.29) is 5.56 Å². The quantitative estimate of drug-likeness (QED) is 0.908. The van der Waals surface area contributed by atoms with Crippen LogP contribution in [-0.2, 0) is 0 Å². The Labute approximate surface area is 102 Å². The van der Waals surface area contributed by atoms with Crippen molar-refractivity contribution in [2.45, 2.75) is 6.04 Å². The largest absolute Gasteiger partial charge is 0.309 e. The van der Waals surface area contributed by atoms with Gasteiger partial charge >= 0.3 is 0 Å². The minimum Gasteiger partial charge on any atom is -0.309 e. The van der Waals surface area contributed by atoms with E-state index < -0.39 is 23.5 Å². The second-order valence-corrected chi connectivity index (χ2v) is 3.79. The number of pyridine rings is 1. The molecule has 1 aromatic heterocycles. The molecule has 1 aromatic carbocycles. The number of nitrogens with one attached hydrogen (secondary N) is 1. The van der Waals surface area contributed by atoms with Crippen molar-refractivity contribution >= 4 is 0 Å². The maximum atomic E-state index is 13.7. The first-order chi connectivity index (χ1) is 8.63. The molecule has 2 nitrogen and oxygen atoms in total. The Morgan fingerprint density at radius 3 is 2.11 bits per heavy atom. The second kappa shape index (κ2) is 5.18. The molecule has 1 N–H and O–H groups in total. The molecule has 0 aliphatic heterocycles. The molecular formula is C13H11F3N2. The highest BCUT2D eigenvalue weighted by Crippen LogP contribution is 2.27. The van der Waals surface area contributed by atoms with Crippen LogP contribution >= 0.6 is 0 Å². The summed E-state index contributed by atoms with van der Waals surface area (Å²) < 4.78 is 40.3. The van der Waals surface area contributed by atoms with E-state index in [0.29, 0.717) is 17.7 Å². The highest BCUT2D eigenvalue weighted by atomic mass is 19.1. The third-order valence-corrected chi connectivity index (χ3v) is 2.66. The Morgan fingerprint density at radius 2 is 1.61 bits per heavy atom. The van der Waals surface area contributed by atoms with E-state index in [0.717, 1.165) is 0 Å². The van der Waals surface area contributed by atoms with Crippen LogP contribution in [0, 0.1) is 17.5 Å². The van der Waals surface area contributed by atoms with Gasteiger partial charge in [0.05, 0.1) is 6.04 Å². The van der Waals surface area contributed by atoms with Crippen molar-refractivity contribution < 1.29 is 13.2 Å². The Hall–Kier alpha value is -1.88. The Balaban J connectivity index is 2.52. The topological polar surface area (TPSA) is 24.9 Å². The molecular weight excluding hydrogens is 241 g/mol. The number of aromatic nitrogens is 1. The average Bonchev–Trinajstić information content (AvgIpc) is 2.34. The maximum absolute atomic E-state index is 13.7. The minimum absolute atomic E-state index is 0.204. The van der Waals surface area contributed by atoms with Crippen LogP contribution in [0.2, 0.25) is 0 Å². The molecule has 0 saturated carbocycles. The Bertz CT molecular complexity index is 520. The highest BCUT2D eigenvalue weighted by Gasteiger charge is 2.21. The van der Waals surface area contributed by atoms with Gasteiger partial charge in [0.2, 0.25) is 0 Å². The molecule has 94 valence electrons. The molecule has 1 atom stereocenters. The van der Waals surface area contributed by atoms with Gasteiger partial charge in [-0.05, 0) is 24.7 Å². The normalized spacial score (nSPS) is 12.4. The lowest BCUT2D eigenvalue weighted by Crippen LogP contribution is -2.20. The second-order valence-electron chi connectivity index (χ2n) is 3.79. The lowest BCUT2D eigenvalue weighted by molar-refractivity contribution is 0.500. The fraction of sp³-hybridized carbons (Fsp3) is 0.154. The molecule has 0 aliphatic carbocycles. The molecule has 0 spiro atoms. The van der Waals surface area contributed by atoms with Crippen LogP contribution < -0.4 is 5.32 Å². The smallest absolute Gasteiger partial charge is 0.134 e. The summed E-state index contributed by atoms with van der Waals surface area (Å²) >= 11 is 0. The lowest BCUT2D eigenvalue weighted by atomic mass is 9.98. The maximum Gasteiger partial charge on any atom is 0.134 e. The summed E-state index contributed by atoms with van der Waals surface area (Å²) in [6.45, 7) is 0. The van der Waals surface area contributed by atoms with Gasteiger partial charge in [0.1, 0.15) is 17.5 Å². The number of nitrogens with zero attached hydrogens (tertiary/aromatic N) is 1. The molecule has 2 aromatic rings. The highest BCUT2D eigenvalue weighted by molar-refractivity contribution is 5.33. The monoisotopic (exact) mass is 252 g/mol. The van der Waals surface area contributed by atoms with Crippen LogP contribution in [-0.4, -0.2) is 12.0 Å². The van der Waals surface area contributed by atoms with Gasteiger partial charge in [0, 0.05) is 30.1 Å². The summed E-state index contributed by atoms with van der Waals surface area (Å²) in [5.41, 5.74) is 0.446. The van der Waals surface area contributed by atoms with Gasteiger partial charge in [0.15, 0.2) is 0 Å². The van der Waals surface area contributed by atoms with Crippen LogP contribution in [0.15, 0.2) is 36.7 Å². The Morgan fingerprint density at radius 1 is 1.06 bits per heavy atom. The van der Waals surface area contributed by atoms with Gasteiger partial charge in [0.25, 0.3) is 0 Å². The molecule has 1 heterocycles. The van der Waals surface area contributed by atoms with Gasteiger partial charge in [-0.25, -0.2) is 13.2 Å². The summed E-state index contributed by atoms with van der Waals surface area (Å²) in [5.74, 6) is -2.76. The van der Waals surface area contributed by atoms with E-state index in [9.17, 15) is 13.2 Å². The molecule has 0 aliphatic rings. The summed E-state index contributed by atoms with van der Waals surface area (Å²) in [4.78, 5) is 3.84. The number of benzene rings is 1. The summed E-state index contributed by atoms with van der Waals surface area (Å²) in [6.07, 6.45) is 3.05. The van der Waals surface area contributed by atoms with Crippen molar-refractivity contribution in [3.8, 4) is 0 Å². The molecule has 18 heavy (non-hydrogen) atoms. The number of halogens is 3. The first kappa shape index (κ1) is 12.6. The predicted molar refractivity (Wildman–Crippen MR) is 61.5 cm³/mol. The van der Waals surface area contributed by atoms with Crippen LogP contribution in [0.5, 0.6) is 0 Å². The van der Waals surface area contributed by atoms with Gasteiger partial charge in [-0.1, -0.05) is 0 Å². The average molecular weight is 252 g/mol. The predicted octanol–water partition coefficient (Wildman–Crippen LogP) is 2.81. The first-order valence-electron chi connectivity index (χ1n) is 5.35. The molecule has 0 fully saturated rings. The van der Waals surface area contributed by atoms with Crippen molar-refractivity contribution in [2.24, 2.45) is 0 Å². The van der Waals surface area contributed by atoms with Crippen LogP contribution in [0.4, 0.5) is 13.2 Å². The first-order valence-corrected chi connectivity index (χ1v) is 5.35. The van der Waals surface area contributed by atoms with Crippen LogP contribution in [0.1, 0.15) is 17.2 Å². The fourth-order valence-corrected chi connectivity index (χ4v) is 1.86. The van der Waals surface area contributed by atoms with E-state index in [1.165, 1.54) is 12.4 Å². The van der Waals surface area contributed by atoms with E-state index >= 15 is 0 Å². The van der Waals surface area contributed by atoms with E-state index in [2.05, 4.69) is 10.3 Å². The fourth-order valence-electron chi connectivity index (χ4n) is 1.86. The summed E-state index contributed by atoms with van der Waals surface area (Å²) in [5, 5.41) is 2.81. The van der Waals surface area contributed by atoms with Crippen LogP contribution in [0.3, 0.4) is 0 Å². The van der Waals surface area contributed by atoms with Gasteiger partial charge < -0.3 is 5.32 Å². The summed E-state index contributed by atoms with van der Waals surface area (Å²) in [7, 11) is 1.58.